The predicted molar refractivity (Wildman–Crippen MR) is 39.3 cm³/mol. The third-order valence-corrected chi connectivity index (χ3v) is 2.25. The molecular formula is C7H16N2. The largest absolute Gasteiger partial charge is 0.305 e. The predicted octanol–water partition coefficient (Wildman–Crippen LogP) is 0.503. The molecule has 1 aliphatic heterocycles. The van der Waals surface area contributed by atoms with Gasteiger partial charge in [-0.1, -0.05) is 6.92 Å². The van der Waals surface area contributed by atoms with Crippen LogP contribution in [0.3, 0.4) is 0 Å². The summed E-state index contributed by atoms with van der Waals surface area (Å²) >= 11 is 0. The lowest BCUT2D eigenvalue weighted by atomic mass is 10.1. The molecule has 0 spiro atoms. The van der Waals surface area contributed by atoms with E-state index in [0.717, 1.165) is 5.92 Å². The zero-order valence-electron chi connectivity index (χ0n) is 6.52. The van der Waals surface area contributed by atoms with Crippen molar-refractivity contribution in [3.05, 3.63) is 0 Å². The maximum Gasteiger partial charge on any atom is 0.0618 e. The van der Waals surface area contributed by atoms with E-state index in [1.165, 1.54) is 13.0 Å². The quantitative estimate of drug-likeness (QED) is 0.553. The Kier molecular flexibility index (Phi) is 2.09. The zero-order chi connectivity index (χ0) is 6.85. The van der Waals surface area contributed by atoms with Crippen LogP contribution in [-0.2, 0) is 0 Å². The van der Waals surface area contributed by atoms with Crippen LogP contribution in [0.1, 0.15) is 13.3 Å². The molecule has 2 atom stereocenters. The van der Waals surface area contributed by atoms with Crippen LogP contribution in [0.2, 0.25) is 0 Å². The van der Waals surface area contributed by atoms with E-state index in [4.69, 9.17) is 0 Å². The first-order valence-electron chi connectivity index (χ1n) is 3.63. The van der Waals surface area contributed by atoms with Crippen LogP contribution in [0, 0.1) is 5.92 Å². The Morgan fingerprint density at radius 3 is 2.44 bits per heavy atom. The van der Waals surface area contributed by atoms with E-state index in [0.29, 0.717) is 6.17 Å². The molecule has 1 N–H and O–H groups in total. The first-order valence-corrected chi connectivity index (χ1v) is 3.63. The standard InChI is InChI=1S/C7H16N2/c1-6-4-5-9(3)7(6)8-2/h6-8H,4-5H2,1-3H3/t6-,7?/m0/s1. The fraction of sp³-hybridized carbons (Fsp3) is 1.00. The Morgan fingerprint density at radius 2 is 2.22 bits per heavy atom. The average Bonchev–Trinajstić information content (AvgIpc) is 2.12. The van der Waals surface area contributed by atoms with Gasteiger partial charge in [0.05, 0.1) is 6.17 Å². The number of rotatable bonds is 1. The molecule has 0 radical (unpaired) electrons. The van der Waals surface area contributed by atoms with Crippen molar-refractivity contribution < 1.29 is 0 Å². The van der Waals surface area contributed by atoms with Crippen molar-refractivity contribution in [3.63, 3.8) is 0 Å². The Morgan fingerprint density at radius 1 is 1.56 bits per heavy atom. The summed E-state index contributed by atoms with van der Waals surface area (Å²) in [7, 11) is 4.20. The zero-order valence-corrected chi connectivity index (χ0v) is 6.52. The SMILES string of the molecule is CNC1[C@@H](C)CCN1C. The van der Waals surface area contributed by atoms with Crippen LogP contribution < -0.4 is 5.32 Å². The minimum absolute atomic E-state index is 0.616. The molecular weight excluding hydrogens is 112 g/mol. The molecule has 0 bridgehead atoms. The van der Waals surface area contributed by atoms with Crippen molar-refractivity contribution in [2.24, 2.45) is 5.92 Å². The third kappa shape index (κ3) is 1.25. The summed E-state index contributed by atoms with van der Waals surface area (Å²) in [6.45, 7) is 3.54. The van der Waals surface area contributed by atoms with E-state index in [-0.39, 0.29) is 0 Å². The number of hydrogen-bond donors (Lipinski definition) is 1. The second-order valence-electron chi connectivity index (χ2n) is 2.98. The van der Waals surface area contributed by atoms with Crippen LogP contribution in [0.25, 0.3) is 0 Å². The summed E-state index contributed by atoms with van der Waals surface area (Å²) in [5.74, 6) is 0.819. The summed E-state index contributed by atoms with van der Waals surface area (Å²) in [5, 5.41) is 3.29. The van der Waals surface area contributed by atoms with Gasteiger partial charge >= 0.3 is 0 Å². The number of nitrogens with zero attached hydrogens (tertiary/aromatic N) is 1. The third-order valence-electron chi connectivity index (χ3n) is 2.25. The smallest absolute Gasteiger partial charge is 0.0618 e. The van der Waals surface area contributed by atoms with Gasteiger partial charge in [-0.3, -0.25) is 4.90 Å². The van der Waals surface area contributed by atoms with Crippen molar-refractivity contribution in [2.45, 2.75) is 19.5 Å². The fourth-order valence-corrected chi connectivity index (χ4v) is 1.64. The molecule has 0 saturated carbocycles. The van der Waals surface area contributed by atoms with Crippen molar-refractivity contribution in [2.75, 3.05) is 20.6 Å². The van der Waals surface area contributed by atoms with Crippen LogP contribution in [0.15, 0.2) is 0 Å². The second kappa shape index (κ2) is 2.67. The topological polar surface area (TPSA) is 15.3 Å². The Labute approximate surface area is 57.2 Å². The van der Waals surface area contributed by atoms with E-state index < -0.39 is 0 Å². The summed E-state index contributed by atoms with van der Waals surface area (Å²) in [6, 6.07) is 0. The number of hydrogen-bond acceptors (Lipinski definition) is 2. The van der Waals surface area contributed by atoms with Crippen LogP contribution in [-0.4, -0.2) is 31.7 Å². The maximum atomic E-state index is 3.29. The first kappa shape index (κ1) is 7.03. The maximum absolute atomic E-state index is 3.29. The van der Waals surface area contributed by atoms with Gasteiger partial charge in [-0.25, -0.2) is 0 Å². The number of nitrogens with one attached hydrogen (secondary N) is 1. The highest BCUT2D eigenvalue weighted by molar-refractivity contribution is 4.78. The lowest BCUT2D eigenvalue weighted by molar-refractivity contribution is 0.246. The average molecular weight is 128 g/mol. The summed E-state index contributed by atoms with van der Waals surface area (Å²) in [5.41, 5.74) is 0. The molecule has 0 aliphatic carbocycles. The number of likely N-dealkylation sites (tertiary alicyclic amines) is 1. The molecule has 0 aromatic heterocycles. The van der Waals surface area contributed by atoms with Crippen LogP contribution >= 0.6 is 0 Å². The van der Waals surface area contributed by atoms with Gasteiger partial charge < -0.3 is 5.32 Å². The molecule has 1 heterocycles. The normalized spacial score (nSPS) is 37.7. The van der Waals surface area contributed by atoms with Gasteiger partial charge in [-0.15, -0.1) is 0 Å². The first-order chi connectivity index (χ1) is 4.25. The Bertz CT molecular complexity index is 82.9. The molecule has 0 aromatic carbocycles. The highest BCUT2D eigenvalue weighted by Crippen LogP contribution is 2.18. The van der Waals surface area contributed by atoms with Gasteiger partial charge in [-0.05, 0) is 33.0 Å². The molecule has 2 nitrogen and oxygen atoms in total. The van der Waals surface area contributed by atoms with Crippen molar-refractivity contribution in [1.29, 1.82) is 0 Å². The van der Waals surface area contributed by atoms with Gasteiger partial charge in [0.25, 0.3) is 0 Å². The highest BCUT2D eigenvalue weighted by atomic mass is 15.3. The Hall–Kier alpha value is -0.0800. The van der Waals surface area contributed by atoms with E-state index in [1.54, 1.807) is 0 Å². The molecule has 2 heteroatoms. The van der Waals surface area contributed by atoms with E-state index in [9.17, 15) is 0 Å². The molecule has 1 aliphatic rings. The highest BCUT2D eigenvalue weighted by Gasteiger charge is 2.25. The Balaban J connectivity index is 2.44. The lowest BCUT2D eigenvalue weighted by Crippen LogP contribution is -2.39. The van der Waals surface area contributed by atoms with Gasteiger partial charge in [0.2, 0.25) is 0 Å². The molecule has 54 valence electrons. The fourth-order valence-electron chi connectivity index (χ4n) is 1.64. The van der Waals surface area contributed by atoms with E-state index in [2.05, 4.69) is 24.2 Å². The van der Waals surface area contributed by atoms with Gasteiger partial charge in [0.1, 0.15) is 0 Å². The lowest BCUT2D eigenvalue weighted by Gasteiger charge is -2.21. The van der Waals surface area contributed by atoms with Crippen molar-refractivity contribution >= 4 is 0 Å². The minimum Gasteiger partial charge on any atom is -0.305 e. The minimum atomic E-state index is 0.616. The second-order valence-corrected chi connectivity index (χ2v) is 2.98. The molecule has 9 heavy (non-hydrogen) atoms. The van der Waals surface area contributed by atoms with Gasteiger partial charge in [0, 0.05) is 0 Å². The monoisotopic (exact) mass is 128 g/mol. The molecule has 0 aromatic rings. The van der Waals surface area contributed by atoms with Crippen LogP contribution in [0.4, 0.5) is 0 Å². The van der Waals surface area contributed by atoms with Crippen molar-refractivity contribution in [1.82, 2.24) is 10.2 Å². The molecule has 1 fully saturated rings. The molecule has 1 rings (SSSR count). The molecule has 0 amide bonds. The van der Waals surface area contributed by atoms with Gasteiger partial charge in [0.15, 0.2) is 0 Å². The van der Waals surface area contributed by atoms with Crippen LogP contribution in [0.5, 0.6) is 0 Å². The van der Waals surface area contributed by atoms with Gasteiger partial charge in [-0.2, -0.15) is 0 Å². The summed E-state index contributed by atoms with van der Waals surface area (Å²) < 4.78 is 0. The van der Waals surface area contributed by atoms with E-state index >= 15 is 0 Å². The molecule has 1 unspecified atom stereocenters. The summed E-state index contributed by atoms with van der Waals surface area (Å²) in [4.78, 5) is 2.37. The van der Waals surface area contributed by atoms with Crippen molar-refractivity contribution in [3.8, 4) is 0 Å². The van der Waals surface area contributed by atoms with E-state index in [1.807, 2.05) is 7.05 Å². The summed E-state index contributed by atoms with van der Waals surface area (Å²) in [6.07, 6.45) is 1.95. The molecule has 1 saturated heterocycles.